The van der Waals surface area contributed by atoms with Crippen LogP contribution in [-0.2, 0) is 61.8 Å². The lowest BCUT2D eigenvalue weighted by molar-refractivity contribution is -0.374. The van der Waals surface area contributed by atoms with Crippen molar-refractivity contribution in [2.45, 2.75) is 276 Å². The molecule has 0 amide bonds. The molecule has 4 saturated heterocycles. The normalized spacial score (nSPS) is 51.7. The van der Waals surface area contributed by atoms with Gasteiger partial charge in [0.05, 0.1) is 36.4 Å². The fraction of sp³-hybridized carbons (Fsp3) is 0.914. The minimum atomic E-state index is -1.78. The van der Waals surface area contributed by atoms with Crippen molar-refractivity contribution in [1.29, 1.82) is 0 Å². The highest BCUT2D eigenvalue weighted by Gasteiger charge is 2.70. The van der Waals surface area contributed by atoms with Crippen LogP contribution < -0.4 is 0 Å². The van der Waals surface area contributed by atoms with Gasteiger partial charge in [-0.2, -0.15) is 0 Å². The number of hydrogen-bond donors (Lipinski definition) is 9. The molecule has 456 valence electrons. The number of esters is 3. The maximum absolute atomic E-state index is 15.4. The quantitative estimate of drug-likeness (QED) is 0.0620. The van der Waals surface area contributed by atoms with Gasteiger partial charge in [0.15, 0.2) is 43.3 Å². The molecule has 4 heterocycles. The lowest BCUT2D eigenvalue weighted by Gasteiger charge is -2.71. The number of hydrogen-bond acceptors (Lipinski definition) is 22. The van der Waals surface area contributed by atoms with Crippen LogP contribution in [0, 0.1) is 50.2 Å². The van der Waals surface area contributed by atoms with Crippen LogP contribution in [0.5, 0.6) is 0 Å². The van der Waals surface area contributed by atoms with Crippen molar-refractivity contribution in [3.63, 3.8) is 0 Å². The Bertz CT molecular complexity index is 2300. The van der Waals surface area contributed by atoms with E-state index in [1.807, 2.05) is 0 Å². The average Bonchev–Trinajstić information content (AvgIpc) is 3.58. The Hall–Kier alpha value is -2.49. The second-order valence-electron chi connectivity index (χ2n) is 27.4. The smallest absolute Gasteiger partial charge is 0.315 e. The van der Waals surface area contributed by atoms with Gasteiger partial charge in [-0.15, -0.1) is 0 Å². The van der Waals surface area contributed by atoms with Crippen LogP contribution in [0.4, 0.5) is 0 Å². The molecule has 80 heavy (non-hydrogen) atoms. The van der Waals surface area contributed by atoms with Crippen molar-refractivity contribution in [3.05, 3.63) is 11.6 Å². The number of allylic oxidation sites excluding steroid dienone is 2. The average molecular weight is 1140 g/mol. The predicted molar refractivity (Wildman–Crippen MR) is 278 cm³/mol. The molecule has 9 rings (SSSR count). The zero-order valence-corrected chi connectivity index (χ0v) is 48.5. The Balaban J connectivity index is 0.981. The first-order valence-electron chi connectivity index (χ1n) is 29.2. The molecule has 5 aliphatic carbocycles. The number of fused-ring (bicyclic) bond motifs is 7. The summed E-state index contributed by atoms with van der Waals surface area (Å²) < 4.78 is 61.5. The van der Waals surface area contributed by atoms with E-state index in [0.717, 1.165) is 32.1 Å². The minimum Gasteiger partial charge on any atom is -0.456 e. The summed E-state index contributed by atoms with van der Waals surface area (Å²) in [4.78, 5) is 40.6. The minimum absolute atomic E-state index is 0.134. The highest BCUT2D eigenvalue weighted by molar-refractivity contribution is 5.79. The Morgan fingerprint density at radius 2 is 1.11 bits per heavy atom. The van der Waals surface area contributed by atoms with Gasteiger partial charge in [0.25, 0.3) is 0 Å². The van der Waals surface area contributed by atoms with E-state index < -0.39 is 164 Å². The molecule has 0 bridgehead atoms. The Kier molecular flexibility index (Phi) is 17.4. The second-order valence-corrected chi connectivity index (χ2v) is 27.4. The summed E-state index contributed by atoms with van der Waals surface area (Å²) in [6, 6.07) is 0. The molecule has 0 spiro atoms. The van der Waals surface area contributed by atoms with Crippen molar-refractivity contribution in [3.8, 4) is 0 Å². The van der Waals surface area contributed by atoms with Gasteiger partial charge in [-0.05, 0) is 130 Å². The zero-order valence-electron chi connectivity index (χ0n) is 48.5. The van der Waals surface area contributed by atoms with Gasteiger partial charge in [0.2, 0.25) is 6.29 Å². The van der Waals surface area contributed by atoms with Gasteiger partial charge in [-0.3, -0.25) is 14.4 Å². The lowest BCUT2D eigenvalue weighted by atomic mass is 9.33. The molecular formula is C58H92O22. The summed E-state index contributed by atoms with van der Waals surface area (Å²) in [6.07, 6.45) is -19.8. The largest absolute Gasteiger partial charge is 0.456 e. The fourth-order valence-electron chi connectivity index (χ4n) is 17.0. The molecule has 3 unspecified atom stereocenters. The molecule has 28 atom stereocenters. The molecule has 22 nitrogen and oxygen atoms in total. The zero-order chi connectivity index (χ0) is 58.7. The van der Waals surface area contributed by atoms with Crippen LogP contribution in [-0.4, -0.2) is 199 Å². The van der Waals surface area contributed by atoms with Gasteiger partial charge in [-0.25, -0.2) is 0 Å². The molecule has 8 fully saturated rings. The monoisotopic (exact) mass is 1140 g/mol. The first-order valence-corrected chi connectivity index (χ1v) is 29.2. The summed E-state index contributed by atoms with van der Waals surface area (Å²) >= 11 is 0. The molecule has 0 aromatic rings. The van der Waals surface area contributed by atoms with E-state index in [9.17, 15) is 55.5 Å². The van der Waals surface area contributed by atoms with Gasteiger partial charge in [0, 0.05) is 13.8 Å². The predicted octanol–water partition coefficient (Wildman–Crippen LogP) is 2.19. The van der Waals surface area contributed by atoms with E-state index in [2.05, 4.69) is 54.5 Å². The van der Waals surface area contributed by atoms with E-state index in [0.29, 0.717) is 32.1 Å². The molecule has 22 heteroatoms. The van der Waals surface area contributed by atoms with Crippen LogP contribution in [0.2, 0.25) is 0 Å². The van der Waals surface area contributed by atoms with Crippen molar-refractivity contribution >= 4 is 17.9 Å². The van der Waals surface area contributed by atoms with Crippen molar-refractivity contribution in [1.82, 2.24) is 0 Å². The van der Waals surface area contributed by atoms with E-state index in [1.165, 1.54) is 33.3 Å². The molecule has 9 N–H and O–H groups in total. The number of ether oxygens (including phenoxy) is 10. The maximum Gasteiger partial charge on any atom is 0.315 e. The van der Waals surface area contributed by atoms with Gasteiger partial charge in [0.1, 0.15) is 54.9 Å². The summed E-state index contributed by atoms with van der Waals surface area (Å²) in [7, 11) is 0. The molecule has 4 aliphatic heterocycles. The Morgan fingerprint density at radius 1 is 0.550 bits per heavy atom. The Labute approximate surface area is 469 Å². The molecular weight excluding hydrogens is 1050 g/mol. The highest BCUT2D eigenvalue weighted by atomic mass is 16.8. The van der Waals surface area contributed by atoms with Gasteiger partial charge in [-0.1, -0.05) is 60.1 Å². The topological polar surface area (TPSA) is 326 Å². The van der Waals surface area contributed by atoms with Gasteiger partial charge < -0.3 is 93.3 Å². The molecule has 9 aliphatic rings. The number of carbonyl (C=O) groups is 3. The number of aliphatic hydroxyl groups excluding tert-OH is 9. The molecule has 0 aromatic carbocycles. The fourth-order valence-corrected chi connectivity index (χ4v) is 17.0. The van der Waals surface area contributed by atoms with E-state index in [-0.39, 0.29) is 39.4 Å². The molecule has 4 saturated carbocycles. The second kappa shape index (κ2) is 22.4. The van der Waals surface area contributed by atoms with Crippen LogP contribution >= 0.6 is 0 Å². The third-order valence-electron chi connectivity index (χ3n) is 21.9. The van der Waals surface area contributed by atoms with E-state index >= 15 is 4.79 Å². The molecule has 0 radical (unpaired) electrons. The summed E-state index contributed by atoms with van der Waals surface area (Å²) in [5.41, 5.74) is -1.18. The number of carbonyl (C=O) groups excluding carboxylic acids is 3. The standard InChI is InChI=1S/C58H92O22/c1-25-36(62)39(65)42(68)48(71-25)78-45-41(67)38(64)32(24-59)76-50(45)80-52(70)58-21-19-53(6,7)23-31(58)30-13-14-34-55(10)17-16-35(54(8,9)33(55)15-18-57(34,12)56(30,11)20-22-58)77-51-47(79-49-43(69)40(66)37(63)26(2)72-49)46(75-29(5)61)44(27(3)73-51)74-28(4)60/h13,25-27,31-51,59,62-69H,14-24H2,1-12H3/t25-,26-,27+,31?,32+,33?,34?,35-,36-,37-,38+,39+,40+,41-,42+,43+,44-,45+,46-,47+,48-,49-,50-,51-,55-,56+,57+,58-/m0/s1. The van der Waals surface area contributed by atoms with Crippen LogP contribution in [0.25, 0.3) is 0 Å². The summed E-state index contributed by atoms with van der Waals surface area (Å²) in [5, 5.41) is 96.9. The molecule has 0 aromatic heterocycles. The summed E-state index contributed by atoms with van der Waals surface area (Å²) in [6.45, 7) is 22.5. The van der Waals surface area contributed by atoms with E-state index in [1.54, 1.807) is 6.92 Å². The number of aliphatic hydroxyl groups is 9. The Morgan fingerprint density at radius 3 is 1.70 bits per heavy atom. The van der Waals surface area contributed by atoms with Crippen LogP contribution in [0.1, 0.15) is 147 Å². The summed E-state index contributed by atoms with van der Waals surface area (Å²) in [5.74, 6) is -1.81. The first kappa shape index (κ1) is 62.1. The van der Waals surface area contributed by atoms with E-state index in [4.69, 9.17) is 47.4 Å². The van der Waals surface area contributed by atoms with Crippen molar-refractivity contribution in [2.75, 3.05) is 6.61 Å². The van der Waals surface area contributed by atoms with Crippen LogP contribution in [0.3, 0.4) is 0 Å². The van der Waals surface area contributed by atoms with Crippen LogP contribution in [0.15, 0.2) is 11.6 Å². The van der Waals surface area contributed by atoms with Gasteiger partial charge >= 0.3 is 17.9 Å². The maximum atomic E-state index is 15.4. The number of rotatable bonds is 11. The SMILES string of the molecule is CC(=O)O[C@H]1[C@@H](OC(C)=O)[C@@H](C)O[C@@H](O[C@H]2CC[C@@]3(C)C(CC[C@]4(C)C3CC=C3C5CC(C)(C)CC[C@]5(C(=O)O[C@@H]5O[C@H](CO)[C@@H](O)[C@H](O)[C@H]5O[C@@H]5O[C@@H](C)[C@H](O)[C@@H](O)[C@H]5O)CC[C@]34C)C2(C)C)[C@@H]1O[C@@H]1O[C@@H](C)[C@H](O)[C@@H](O)[C@H]1O. The first-order chi connectivity index (χ1) is 37.3. The lowest BCUT2D eigenvalue weighted by Crippen LogP contribution is -2.67. The third kappa shape index (κ3) is 10.4. The van der Waals surface area contributed by atoms with Crippen molar-refractivity contribution < 1.29 is 108 Å². The van der Waals surface area contributed by atoms with Crippen molar-refractivity contribution in [2.24, 2.45) is 50.2 Å². The highest BCUT2D eigenvalue weighted by Crippen LogP contribution is 2.76. The third-order valence-corrected chi connectivity index (χ3v) is 21.9.